The molecule has 0 spiro atoms. The fourth-order valence-electron chi connectivity index (χ4n) is 5.20. The Balaban J connectivity index is 1.64. The number of methoxy groups -OCH3 is 1. The Labute approximate surface area is 238 Å². The lowest BCUT2D eigenvalue weighted by Crippen LogP contribution is -2.29. The molecule has 7 nitrogen and oxygen atoms in total. The fourth-order valence-corrected chi connectivity index (χ4v) is 5.67. The van der Waals surface area contributed by atoms with E-state index in [-0.39, 0.29) is 18.0 Å². The highest BCUT2D eigenvalue weighted by Gasteiger charge is 2.42. The number of ether oxygens (including phenoxy) is 1. The zero-order valence-electron chi connectivity index (χ0n) is 22.2. The van der Waals surface area contributed by atoms with Crippen molar-refractivity contribution < 1.29 is 9.53 Å². The second kappa shape index (κ2) is 11.1. The van der Waals surface area contributed by atoms with E-state index in [4.69, 9.17) is 28.6 Å². The minimum Gasteiger partial charge on any atom is -0.494 e. The monoisotopic (exact) mass is 559 g/mol. The van der Waals surface area contributed by atoms with Crippen LogP contribution in [0.2, 0.25) is 5.02 Å². The van der Waals surface area contributed by atoms with Gasteiger partial charge in [-0.3, -0.25) is 9.78 Å². The molecule has 0 radical (unpaired) electrons. The molecule has 0 aliphatic carbocycles. The standard InChI is InChI=1S/C30H30ClN5O2S/c1-5-27(37)33-24-14-13-22(17-26(24)38-4)36-29(28(34-30(36)39)25-8-6-7-15-32-25)23-16-18(2)35(19(23)3)21-11-9-20(31)10-12-21/h6-17,28-29H,5H2,1-4H3,(H,33,37)(H,34,39)/t28-,29-/m1/s1. The van der Waals surface area contributed by atoms with Gasteiger partial charge < -0.3 is 24.8 Å². The number of pyridine rings is 1. The Bertz CT molecular complexity index is 1520. The Hall–Kier alpha value is -3.88. The third-order valence-corrected chi connectivity index (χ3v) is 7.60. The first-order valence-corrected chi connectivity index (χ1v) is 13.5. The van der Waals surface area contributed by atoms with Gasteiger partial charge in [0.15, 0.2) is 5.11 Å². The molecule has 2 aromatic carbocycles. The second-order valence-corrected chi connectivity index (χ2v) is 10.2. The molecule has 1 amide bonds. The number of amides is 1. The molecule has 39 heavy (non-hydrogen) atoms. The molecule has 0 bridgehead atoms. The molecular weight excluding hydrogens is 530 g/mol. The van der Waals surface area contributed by atoms with E-state index >= 15 is 0 Å². The van der Waals surface area contributed by atoms with Crippen LogP contribution in [0.5, 0.6) is 5.75 Å². The van der Waals surface area contributed by atoms with Gasteiger partial charge in [-0.2, -0.15) is 0 Å². The zero-order chi connectivity index (χ0) is 27.7. The quantitative estimate of drug-likeness (QED) is 0.246. The van der Waals surface area contributed by atoms with Gasteiger partial charge in [0.1, 0.15) is 5.75 Å². The SMILES string of the molecule is CCC(=O)Nc1ccc(N2C(=S)N[C@H](c3ccccn3)[C@H]2c2cc(C)n(-c3ccc(Cl)cc3)c2C)cc1OC. The number of nitrogens with zero attached hydrogens (tertiary/aromatic N) is 3. The molecule has 9 heteroatoms. The summed E-state index contributed by atoms with van der Waals surface area (Å²) in [4.78, 5) is 18.8. The van der Waals surface area contributed by atoms with E-state index in [1.807, 2.05) is 67.6 Å². The molecule has 0 saturated carbocycles. The molecule has 3 heterocycles. The topological polar surface area (TPSA) is 71.4 Å². The van der Waals surface area contributed by atoms with E-state index in [1.54, 1.807) is 13.3 Å². The number of hydrogen-bond donors (Lipinski definition) is 2. The highest BCUT2D eigenvalue weighted by molar-refractivity contribution is 7.80. The minimum absolute atomic E-state index is 0.0814. The lowest BCUT2D eigenvalue weighted by molar-refractivity contribution is -0.115. The number of anilines is 2. The summed E-state index contributed by atoms with van der Waals surface area (Å²) in [7, 11) is 1.59. The Morgan fingerprint density at radius 2 is 1.85 bits per heavy atom. The number of halogens is 1. The first-order chi connectivity index (χ1) is 18.8. The number of carbonyl (C=O) groups excluding carboxylic acids is 1. The average Bonchev–Trinajstić information content (AvgIpc) is 3.44. The van der Waals surface area contributed by atoms with Crippen LogP contribution in [-0.2, 0) is 4.79 Å². The summed E-state index contributed by atoms with van der Waals surface area (Å²) in [6, 6.07) is 21.3. The van der Waals surface area contributed by atoms with Gasteiger partial charge in [-0.25, -0.2) is 0 Å². The van der Waals surface area contributed by atoms with Gasteiger partial charge in [-0.15, -0.1) is 0 Å². The number of aromatic nitrogens is 2. The maximum absolute atomic E-state index is 12.1. The lowest BCUT2D eigenvalue weighted by Gasteiger charge is -2.29. The second-order valence-electron chi connectivity index (χ2n) is 9.42. The molecule has 1 aliphatic rings. The molecule has 2 aromatic heterocycles. The highest BCUT2D eigenvalue weighted by Crippen LogP contribution is 2.45. The lowest BCUT2D eigenvalue weighted by atomic mass is 9.96. The number of benzene rings is 2. The fraction of sp³-hybridized carbons (Fsp3) is 0.233. The zero-order valence-corrected chi connectivity index (χ0v) is 23.8. The third kappa shape index (κ3) is 5.10. The Kier molecular flexibility index (Phi) is 7.59. The van der Waals surface area contributed by atoms with E-state index in [0.717, 1.165) is 34.0 Å². The highest BCUT2D eigenvalue weighted by atomic mass is 35.5. The van der Waals surface area contributed by atoms with Gasteiger partial charge in [0.25, 0.3) is 0 Å². The molecule has 2 atom stereocenters. The molecule has 0 unspecified atom stereocenters. The van der Waals surface area contributed by atoms with Gasteiger partial charge in [0.05, 0.1) is 30.6 Å². The van der Waals surface area contributed by atoms with Crippen LogP contribution < -0.4 is 20.3 Å². The Morgan fingerprint density at radius 1 is 1.10 bits per heavy atom. The molecule has 1 aliphatic heterocycles. The number of hydrogen-bond acceptors (Lipinski definition) is 4. The summed E-state index contributed by atoms with van der Waals surface area (Å²) in [5.41, 5.74) is 6.69. The normalized spacial score (nSPS) is 16.7. The maximum Gasteiger partial charge on any atom is 0.224 e. The van der Waals surface area contributed by atoms with E-state index in [1.165, 1.54) is 0 Å². The van der Waals surface area contributed by atoms with E-state index in [2.05, 4.69) is 45.0 Å². The summed E-state index contributed by atoms with van der Waals surface area (Å²) in [6.45, 7) is 6.03. The van der Waals surface area contributed by atoms with Crippen LogP contribution in [0.3, 0.4) is 0 Å². The summed E-state index contributed by atoms with van der Waals surface area (Å²) in [5.74, 6) is 0.478. The number of nitrogens with one attached hydrogen (secondary N) is 2. The summed E-state index contributed by atoms with van der Waals surface area (Å²) >= 11 is 12.1. The van der Waals surface area contributed by atoms with Gasteiger partial charge in [0.2, 0.25) is 5.91 Å². The molecule has 4 aromatic rings. The minimum atomic E-state index is -0.194. The average molecular weight is 560 g/mol. The van der Waals surface area contributed by atoms with Crippen molar-refractivity contribution in [2.75, 3.05) is 17.3 Å². The van der Waals surface area contributed by atoms with Gasteiger partial charge in [-0.1, -0.05) is 24.6 Å². The van der Waals surface area contributed by atoms with Crippen molar-refractivity contribution in [3.63, 3.8) is 0 Å². The van der Waals surface area contributed by atoms with Crippen molar-refractivity contribution in [3.8, 4) is 11.4 Å². The van der Waals surface area contributed by atoms with Crippen LogP contribution in [0.1, 0.15) is 48.1 Å². The van der Waals surface area contributed by atoms with Gasteiger partial charge in [0, 0.05) is 46.5 Å². The predicted octanol–water partition coefficient (Wildman–Crippen LogP) is 6.68. The van der Waals surface area contributed by atoms with Crippen molar-refractivity contribution in [3.05, 3.63) is 101 Å². The Morgan fingerprint density at radius 3 is 2.51 bits per heavy atom. The van der Waals surface area contributed by atoms with Crippen LogP contribution in [0.4, 0.5) is 11.4 Å². The molecule has 1 fully saturated rings. The van der Waals surface area contributed by atoms with Gasteiger partial charge >= 0.3 is 0 Å². The summed E-state index contributed by atoms with van der Waals surface area (Å²) in [5, 5.41) is 7.71. The molecule has 1 saturated heterocycles. The summed E-state index contributed by atoms with van der Waals surface area (Å²) in [6.07, 6.45) is 2.17. The maximum atomic E-state index is 12.1. The van der Waals surface area contributed by atoms with Crippen LogP contribution in [0.25, 0.3) is 5.69 Å². The first-order valence-electron chi connectivity index (χ1n) is 12.8. The van der Waals surface area contributed by atoms with Crippen LogP contribution >= 0.6 is 23.8 Å². The van der Waals surface area contributed by atoms with E-state index in [0.29, 0.717) is 28.0 Å². The van der Waals surface area contributed by atoms with Crippen LogP contribution in [-0.4, -0.2) is 27.7 Å². The molecule has 200 valence electrons. The third-order valence-electron chi connectivity index (χ3n) is 7.03. The van der Waals surface area contributed by atoms with Crippen LogP contribution in [0.15, 0.2) is 72.9 Å². The van der Waals surface area contributed by atoms with Crippen molar-refractivity contribution in [2.24, 2.45) is 0 Å². The number of carbonyl (C=O) groups is 1. The molecular formula is C30H30ClN5O2S. The van der Waals surface area contributed by atoms with Gasteiger partial charge in [-0.05, 0) is 86.2 Å². The first kappa shape index (κ1) is 26.7. The van der Waals surface area contributed by atoms with Crippen molar-refractivity contribution >= 4 is 46.2 Å². The summed E-state index contributed by atoms with van der Waals surface area (Å²) < 4.78 is 7.89. The molecule has 5 rings (SSSR count). The smallest absolute Gasteiger partial charge is 0.224 e. The number of aryl methyl sites for hydroxylation is 1. The predicted molar refractivity (Wildman–Crippen MR) is 160 cm³/mol. The van der Waals surface area contributed by atoms with E-state index in [9.17, 15) is 4.79 Å². The molecule has 2 N–H and O–H groups in total. The number of rotatable bonds is 7. The largest absolute Gasteiger partial charge is 0.494 e. The van der Waals surface area contributed by atoms with E-state index < -0.39 is 0 Å². The van der Waals surface area contributed by atoms with Crippen molar-refractivity contribution in [2.45, 2.75) is 39.3 Å². The van der Waals surface area contributed by atoms with Crippen molar-refractivity contribution in [1.29, 1.82) is 0 Å². The van der Waals surface area contributed by atoms with Crippen molar-refractivity contribution in [1.82, 2.24) is 14.9 Å². The van der Waals surface area contributed by atoms with Crippen LogP contribution in [0, 0.1) is 13.8 Å². The number of thiocarbonyl (C=S) groups is 1.